The Morgan fingerprint density at radius 1 is 1.13 bits per heavy atom. The Bertz CT molecular complexity index is 319. The summed E-state index contributed by atoms with van der Waals surface area (Å²) in [5, 5.41) is 0. The molecule has 0 unspecified atom stereocenters. The van der Waals surface area contributed by atoms with Gasteiger partial charge >= 0.3 is 15.6 Å². The van der Waals surface area contributed by atoms with Crippen molar-refractivity contribution >= 4 is 10.1 Å². The van der Waals surface area contributed by atoms with Gasteiger partial charge in [-0.1, -0.05) is 4.28 Å². The lowest BCUT2D eigenvalue weighted by Gasteiger charge is -2.33. The normalized spacial score (nSPS) is 22.7. The van der Waals surface area contributed by atoms with E-state index in [9.17, 15) is 21.6 Å². The zero-order chi connectivity index (χ0) is 11.7. The van der Waals surface area contributed by atoms with Crippen LogP contribution in [0.5, 0.6) is 0 Å². The second kappa shape index (κ2) is 3.91. The Balaban J connectivity index is 2.76. The van der Waals surface area contributed by atoms with Crippen LogP contribution in [0.15, 0.2) is 0 Å². The quantitative estimate of drug-likeness (QED) is 0.548. The monoisotopic (exact) mass is 248 g/mol. The van der Waals surface area contributed by atoms with Crippen LogP contribution in [0.1, 0.15) is 19.3 Å². The molecule has 1 rings (SSSR count). The molecule has 0 spiro atoms. The molecule has 0 N–H and O–H groups in total. The minimum absolute atomic E-state index is 0.287. The molecule has 1 fully saturated rings. The number of quaternary nitrogens is 1. The molecule has 0 aromatic carbocycles. The predicted molar refractivity (Wildman–Crippen MR) is 45.8 cm³/mol. The second-order valence-corrected chi connectivity index (χ2v) is 5.30. The molecule has 1 heterocycles. The second-order valence-electron chi connectivity index (χ2n) is 3.78. The first-order valence-electron chi connectivity index (χ1n) is 4.53. The summed E-state index contributed by atoms with van der Waals surface area (Å²) in [5.74, 6) is 0. The van der Waals surface area contributed by atoms with Crippen LogP contribution in [0.4, 0.5) is 13.2 Å². The van der Waals surface area contributed by atoms with Gasteiger partial charge in [-0.25, -0.2) is 0 Å². The number of hydrogen-bond acceptors (Lipinski definition) is 3. The molecule has 0 aromatic heterocycles. The molecule has 0 aromatic rings. The minimum Gasteiger partial charge on any atom is -0.185 e. The molecule has 0 radical (unpaired) electrons. The highest BCUT2D eigenvalue weighted by molar-refractivity contribution is 7.87. The molecule has 90 valence electrons. The number of alkyl halides is 3. The smallest absolute Gasteiger partial charge is 0.185 e. The first-order chi connectivity index (χ1) is 6.66. The van der Waals surface area contributed by atoms with Gasteiger partial charge in [0.2, 0.25) is 0 Å². The van der Waals surface area contributed by atoms with Crippen molar-refractivity contribution < 1.29 is 30.5 Å². The van der Waals surface area contributed by atoms with E-state index in [-0.39, 0.29) is 13.1 Å². The van der Waals surface area contributed by atoms with E-state index in [4.69, 9.17) is 0 Å². The summed E-state index contributed by atoms with van der Waals surface area (Å²) in [6.07, 6.45) is 2.23. The van der Waals surface area contributed by atoms with Crippen LogP contribution in [0.2, 0.25) is 0 Å². The van der Waals surface area contributed by atoms with Crippen LogP contribution in [0, 0.1) is 0 Å². The molecule has 0 amide bonds. The van der Waals surface area contributed by atoms with Crippen molar-refractivity contribution in [2.24, 2.45) is 0 Å². The van der Waals surface area contributed by atoms with Crippen molar-refractivity contribution in [1.82, 2.24) is 0 Å². The number of nitrogens with zero attached hydrogens (tertiary/aromatic N) is 1. The molecule has 0 atom stereocenters. The number of rotatable bonds is 2. The summed E-state index contributed by atoms with van der Waals surface area (Å²) >= 11 is 0. The lowest BCUT2D eigenvalue weighted by molar-refractivity contribution is -1.07. The van der Waals surface area contributed by atoms with Crippen LogP contribution in [0.25, 0.3) is 0 Å². The van der Waals surface area contributed by atoms with E-state index >= 15 is 0 Å². The van der Waals surface area contributed by atoms with Gasteiger partial charge in [0.05, 0.1) is 0 Å². The highest BCUT2D eigenvalue weighted by atomic mass is 32.2. The average Bonchev–Trinajstić information content (AvgIpc) is 2.00. The van der Waals surface area contributed by atoms with Gasteiger partial charge in [0.15, 0.2) is 0 Å². The SMILES string of the molecule is C[N+]1(OS(=O)(=O)C(F)(F)F)CCCCC1. The maximum atomic E-state index is 12.0. The van der Waals surface area contributed by atoms with Gasteiger partial charge in [-0.05, 0) is 19.3 Å². The molecule has 0 aliphatic carbocycles. The van der Waals surface area contributed by atoms with Gasteiger partial charge in [-0.2, -0.15) is 26.2 Å². The predicted octanol–water partition coefficient (Wildman–Crippen LogP) is 1.40. The van der Waals surface area contributed by atoms with Crippen LogP contribution >= 0.6 is 0 Å². The first kappa shape index (κ1) is 12.7. The van der Waals surface area contributed by atoms with Crippen molar-refractivity contribution in [3.05, 3.63) is 0 Å². The number of hydroxylamine groups is 3. The fourth-order valence-electron chi connectivity index (χ4n) is 1.53. The molecule has 1 saturated heterocycles. The summed E-state index contributed by atoms with van der Waals surface area (Å²) < 4.78 is 61.3. The zero-order valence-corrected chi connectivity index (χ0v) is 9.07. The van der Waals surface area contributed by atoms with Gasteiger partial charge in [-0.15, -0.1) is 0 Å². The maximum absolute atomic E-state index is 12.0. The lowest BCUT2D eigenvalue weighted by atomic mass is 10.1. The van der Waals surface area contributed by atoms with Crippen molar-refractivity contribution in [3.63, 3.8) is 0 Å². The Morgan fingerprint density at radius 3 is 2.00 bits per heavy atom. The molecule has 8 heteroatoms. The van der Waals surface area contributed by atoms with Gasteiger partial charge < -0.3 is 0 Å². The van der Waals surface area contributed by atoms with Crippen LogP contribution in [0.3, 0.4) is 0 Å². The standard InChI is InChI=1S/C7H13F3NO3S/c1-11(5-3-2-4-6-11)14-15(12,13)7(8,9)10/h2-6H2,1H3/q+1. The van der Waals surface area contributed by atoms with Gasteiger partial charge in [0, 0.05) is 0 Å². The Kier molecular flexibility index (Phi) is 3.32. The number of piperidine rings is 1. The fourth-order valence-corrected chi connectivity index (χ4v) is 2.24. The highest BCUT2D eigenvalue weighted by Gasteiger charge is 2.52. The Hall–Kier alpha value is -0.340. The molecule has 0 bridgehead atoms. The fraction of sp³-hybridized carbons (Fsp3) is 1.00. The summed E-state index contributed by atoms with van der Waals surface area (Å²) in [5.41, 5.74) is -5.34. The summed E-state index contributed by atoms with van der Waals surface area (Å²) in [6, 6.07) is 0. The topological polar surface area (TPSA) is 43.4 Å². The minimum atomic E-state index is -5.48. The van der Waals surface area contributed by atoms with Crippen molar-refractivity contribution in [1.29, 1.82) is 0 Å². The molecule has 1 aliphatic rings. The number of hydrogen-bond donors (Lipinski definition) is 0. The molecular formula is C7H13F3NO3S+. The molecule has 1 aliphatic heterocycles. The molecule has 0 saturated carbocycles. The number of likely N-dealkylation sites (tertiary alicyclic amines) is 1. The van der Waals surface area contributed by atoms with Crippen LogP contribution < -0.4 is 0 Å². The summed E-state index contributed by atoms with van der Waals surface area (Å²) in [7, 11) is -4.13. The van der Waals surface area contributed by atoms with E-state index in [1.54, 1.807) is 0 Å². The van der Waals surface area contributed by atoms with Gasteiger partial charge in [0.25, 0.3) is 0 Å². The van der Waals surface area contributed by atoms with E-state index in [1.165, 1.54) is 7.05 Å². The van der Waals surface area contributed by atoms with Gasteiger partial charge in [0.1, 0.15) is 20.1 Å². The van der Waals surface area contributed by atoms with E-state index in [1.807, 2.05) is 0 Å². The zero-order valence-electron chi connectivity index (χ0n) is 8.25. The third-order valence-electron chi connectivity index (χ3n) is 2.32. The highest BCUT2D eigenvalue weighted by Crippen LogP contribution is 2.29. The maximum Gasteiger partial charge on any atom is 0.528 e. The van der Waals surface area contributed by atoms with Crippen LogP contribution in [-0.2, 0) is 14.4 Å². The van der Waals surface area contributed by atoms with E-state index in [0.717, 1.165) is 6.42 Å². The Labute approximate surface area is 86.3 Å². The Morgan fingerprint density at radius 2 is 1.60 bits per heavy atom. The molecular weight excluding hydrogens is 235 g/mol. The van der Waals surface area contributed by atoms with Gasteiger partial charge in [-0.3, -0.25) is 0 Å². The molecule has 15 heavy (non-hydrogen) atoms. The van der Waals surface area contributed by atoms with Crippen molar-refractivity contribution in [2.75, 3.05) is 20.1 Å². The van der Waals surface area contributed by atoms with Crippen LogP contribution in [-0.4, -0.2) is 38.7 Å². The van der Waals surface area contributed by atoms with E-state index < -0.39 is 20.3 Å². The van der Waals surface area contributed by atoms with Crippen molar-refractivity contribution in [3.8, 4) is 0 Å². The molecule has 4 nitrogen and oxygen atoms in total. The first-order valence-corrected chi connectivity index (χ1v) is 5.94. The largest absolute Gasteiger partial charge is 0.528 e. The van der Waals surface area contributed by atoms with Crippen molar-refractivity contribution in [2.45, 2.75) is 24.8 Å². The summed E-state index contributed by atoms with van der Waals surface area (Å²) in [6.45, 7) is 0.574. The third-order valence-corrected chi connectivity index (χ3v) is 3.45. The average molecular weight is 248 g/mol. The van der Waals surface area contributed by atoms with E-state index in [0.29, 0.717) is 12.8 Å². The van der Waals surface area contributed by atoms with E-state index in [2.05, 4.69) is 4.28 Å². The third kappa shape index (κ3) is 3.05. The summed E-state index contributed by atoms with van der Waals surface area (Å²) in [4.78, 5) is 0. The lowest BCUT2D eigenvalue weighted by Crippen LogP contribution is -2.51. The number of halogens is 3.